The van der Waals surface area contributed by atoms with Crippen LogP contribution in [0.2, 0.25) is 5.02 Å². The number of aliphatic carboxylic acids is 1. The van der Waals surface area contributed by atoms with E-state index in [-0.39, 0.29) is 22.9 Å². The molecule has 2 unspecified atom stereocenters. The fourth-order valence-electron chi connectivity index (χ4n) is 2.39. The Bertz CT molecular complexity index is 649. The molecule has 0 amide bonds. The highest BCUT2D eigenvalue weighted by Gasteiger charge is 2.42. The highest BCUT2D eigenvalue weighted by molar-refractivity contribution is 7.89. The average Bonchev–Trinajstić information content (AvgIpc) is 2.71. The molecule has 0 spiro atoms. The lowest BCUT2D eigenvalue weighted by atomic mass is 10.0. The summed E-state index contributed by atoms with van der Waals surface area (Å²) in [5.74, 6) is -2.41. The molecule has 0 radical (unpaired) electrons. The van der Waals surface area contributed by atoms with Crippen molar-refractivity contribution in [2.45, 2.75) is 24.3 Å². The SMILES string of the molecule is CC1C(C(=O)O)CCN1S(=O)(=O)c1ccc(F)cc1Cl. The lowest BCUT2D eigenvalue weighted by Crippen LogP contribution is -2.37. The van der Waals surface area contributed by atoms with Crippen molar-refractivity contribution in [2.24, 2.45) is 5.92 Å². The number of halogens is 2. The first-order valence-electron chi connectivity index (χ1n) is 5.95. The Hall–Kier alpha value is -1.18. The van der Waals surface area contributed by atoms with Crippen molar-refractivity contribution in [3.8, 4) is 0 Å². The minimum atomic E-state index is -3.93. The van der Waals surface area contributed by atoms with Crippen molar-refractivity contribution in [2.75, 3.05) is 6.54 Å². The van der Waals surface area contributed by atoms with Gasteiger partial charge in [-0.15, -0.1) is 0 Å². The maximum atomic E-state index is 13.0. The second kappa shape index (κ2) is 5.31. The van der Waals surface area contributed by atoms with Crippen LogP contribution in [-0.4, -0.2) is 36.4 Å². The summed E-state index contributed by atoms with van der Waals surface area (Å²) in [6.07, 6.45) is 0.245. The van der Waals surface area contributed by atoms with Crippen LogP contribution in [0, 0.1) is 11.7 Å². The molecule has 1 aromatic rings. The lowest BCUT2D eigenvalue weighted by Gasteiger charge is -2.23. The summed E-state index contributed by atoms with van der Waals surface area (Å²) in [5.41, 5.74) is 0. The Morgan fingerprint density at radius 1 is 1.50 bits per heavy atom. The first-order chi connectivity index (χ1) is 9.25. The van der Waals surface area contributed by atoms with Gasteiger partial charge in [-0.3, -0.25) is 4.79 Å². The number of carbonyl (C=O) groups is 1. The highest BCUT2D eigenvalue weighted by atomic mass is 35.5. The van der Waals surface area contributed by atoms with Gasteiger partial charge in [0, 0.05) is 12.6 Å². The molecule has 1 aliphatic rings. The minimum absolute atomic E-state index is 0.105. The molecule has 1 fully saturated rings. The molecule has 2 atom stereocenters. The van der Waals surface area contributed by atoms with Gasteiger partial charge in [0.2, 0.25) is 10.0 Å². The number of hydrogen-bond donors (Lipinski definition) is 1. The monoisotopic (exact) mass is 321 g/mol. The van der Waals surface area contributed by atoms with E-state index >= 15 is 0 Å². The second-order valence-electron chi connectivity index (χ2n) is 4.66. The van der Waals surface area contributed by atoms with Gasteiger partial charge in [-0.05, 0) is 31.5 Å². The van der Waals surface area contributed by atoms with Crippen molar-refractivity contribution in [3.05, 3.63) is 29.0 Å². The maximum absolute atomic E-state index is 13.0. The number of sulfonamides is 1. The Balaban J connectivity index is 2.39. The van der Waals surface area contributed by atoms with E-state index in [1.807, 2.05) is 0 Å². The van der Waals surface area contributed by atoms with E-state index in [1.54, 1.807) is 6.92 Å². The smallest absolute Gasteiger partial charge is 0.308 e. The summed E-state index contributed by atoms with van der Waals surface area (Å²) in [5, 5.41) is 8.82. The number of carboxylic acid groups (broad SMARTS) is 1. The molecule has 1 aromatic carbocycles. The van der Waals surface area contributed by atoms with Crippen molar-refractivity contribution in [1.82, 2.24) is 4.31 Å². The van der Waals surface area contributed by atoms with Crippen molar-refractivity contribution in [3.63, 3.8) is 0 Å². The largest absolute Gasteiger partial charge is 0.481 e. The molecule has 0 saturated carbocycles. The Labute approximate surface area is 121 Å². The van der Waals surface area contributed by atoms with Crippen LogP contribution >= 0.6 is 11.6 Å². The Kier molecular flexibility index (Phi) is 4.04. The van der Waals surface area contributed by atoms with E-state index in [2.05, 4.69) is 0 Å². The van der Waals surface area contributed by atoms with E-state index in [9.17, 15) is 17.6 Å². The van der Waals surface area contributed by atoms with Crippen LogP contribution < -0.4 is 0 Å². The standard InChI is InChI=1S/C12H13ClFNO4S/c1-7-9(12(16)17)4-5-15(7)20(18,19)11-3-2-8(14)6-10(11)13/h2-3,6-7,9H,4-5H2,1H3,(H,16,17). The molecular formula is C12H13ClFNO4S. The first kappa shape index (κ1) is 15.2. The van der Waals surface area contributed by atoms with Crippen molar-refractivity contribution < 1.29 is 22.7 Å². The summed E-state index contributed by atoms with van der Waals surface area (Å²) in [6.45, 7) is 1.65. The molecule has 1 aliphatic heterocycles. The van der Waals surface area contributed by atoms with Crippen LogP contribution in [-0.2, 0) is 14.8 Å². The van der Waals surface area contributed by atoms with E-state index < -0.39 is 33.8 Å². The fourth-order valence-corrected chi connectivity index (χ4v) is 4.58. The summed E-state index contributed by atoms with van der Waals surface area (Å²) < 4.78 is 39.0. The van der Waals surface area contributed by atoms with Gasteiger partial charge < -0.3 is 5.11 Å². The quantitative estimate of drug-likeness (QED) is 0.923. The normalized spacial score (nSPS) is 23.9. The molecule has 1 heterocycles. The van der Waals surface area contributed by atoms with Gasteiger partial charge in [-0.2, -0.15) is 4.31 Å². The number of hydrogen-bond acceptors (Lipinski definition) is 3. The van der Waals surface area contributed by atoms with E-state index in [1.165, 1.54) is 0 Å². The zero-order chi connectivity index (χ0) is 15.1. The Morgan fingerprint density at radius 2 is 2.15 bits per heavy atom. The van der Waals surface area contributed by atoms with E-state index in [4.69, 9.17) is 16.7 Å². The molecule has 8 heteroatoms. The van der Waals surface area contributed by atoms with Gasteiger partial charge in [0.1, 0.15) is 10.7 Å². The summed E-state index contributed by atoms with van der Waals surface area (Å²) in [6, 6.07) is 2.35. The molecule has 0 bridgehead atoms. The predicted octanol–water partition coefficient (Wildman–Crippen LogP) is 1.96. The topological polar surface area (TPSA) is 74.7 Å². The molecule has 0 aromatic heterocycles. The van der Waals surface area contributed by atoms with Gasteiger partial charge in [-0.1, -0.05) is 11.6 Å². The van der Waals surface area contributed by atoms with Gasteiger partial charge in [0.05, 0.1) is 10.9 Å². The van der Waals surface area contributed by atoms with Crippen molar-refractivity contribution in [1.29, 1.82) is 0 Å². The zero-order valence-corrected chi connectivity index (χ0v) is 12.2. The third-order valence-corrected chi connectivity index (χ3v) is 5.96. The molecule has 1 N–H and O–H groups in total. The van der Waals surface area contributed by atoms with Crippen LogP contribution in [0.1, 0.15) is 13.3 Å². The van der Waals surface area contributed by atoms with Crippen LogP contribution in [0.15, 0.2) is 23.1 Å². The first-order valence-corrected chi connectivity index (χ1v) is 7.76. The second-order valence-corrected chi connectivity index (χ2v) is 6.93. The fraction of sp³-hybridized carbons (Fsp3) is 0.417. The highest BCUT2D eigenvalue weighted by Crippen LogP contribution is 2.33. The third-order valence-electron chi connectivity index (χ3n) is 3.49. The van der Waals surface area contributed by atoms with E-state index in [0.29, 0.717) is 0 Å². The molecule has 0 aliphatic carbocycles. The van der Waals surface area contributed by atoms with Crippen LogP contribution in [0.4, 0.5) is 4.39 Å². The zero-order valence-electron chi connectivity index (χ0n) is 10.6. The minimum Gasteiger partial charge on any atom is -0.481 e. The van der Waals surface area contributed by atoms with Crippen molar-refractivity contribution >= 4 is 27.6 Å². The van der Waals surface area contributed by atoms with Crippen LogP contribution in [0.5, 0.6) is 0 Å². The van der Waals surface area contributed by atoms with Gasteiger partial charge in [-0.25, -0.2) is 12.8 Å². The van der Waals surface area contributed by atoms with Crippen LogP contribution in [0.3, 0.4) is 0 Å². The van der Waals surface area contributed by atoms with Gasteiger partial charge >= 0.3 is 5.97 Å². The maximum Gasteiger partial charge on any atom is 0.308 e. The number of rotatable bonds is 3. The predicted molar refractivity (Wildman–Crippen MR) is 70.5 cm³/mol. The number of benzene rings is 1. The summed E-state index contributed by atoms with van der Waals surface area (Å²) >= 11 is 5.78. The number of nitrogens with zero attached hydrogens (tertiary/aromatic N) is 1. The molecular weight excluding hydrogens is 309 g/mol. The van der Waals surface area contributed by atoms with E-state index in [0.717, 1.165) is 22.5 Å². The average molecular weight is 322 g/mol. The van der Waals surface area contributed by atoms with Gasteiger partial charge in [0.25, 0.3) is 0 Å². The van der Waals surface area contributed by atoms with Crippen LogP contribution in [0.25, 0.3) is 0 Å². The Morgan fingerprint density at radius 3 is 2.65 bits per heavy atom. The number of carboxylic acids is 1. The summed E-state index contributed by atoms with van der Waals surface area (Å²) in [7, 11) is -3.93. The molecule has 2 rings (SSSR count). The lowest BCUT2D eigenvalue weighted by molar-refractivity contribution is -0.142. The molecule has 110 valence electrons. The third kappa shape index (κ3) is 2.53. The summed E-state index contributed by atoms with van der Waals surface area (Å²) in [4.78, 5) is 10.8. The molecule has 20 heavy (non-hydrogen) atoms. The van der Waals surface area contributed by atoms with Gasteiger partial charge in [0.15, 0.2) is 0 Å². The molecule has 5 nitrogen and oxygen atoms in total. The molecule has 1 saturated heterocycles.